The number of nitrogen functional groups attached to an aromatic ring is 1. The minimum Gasteiger partial charge on any atom is -0.424 e. The number of esters is 1. The van der Waals surface area contributed by atoms with Gasteiger partial charge in [-0.2, -0.15) is 0 Å². The molecule has 0 aliphatic heterocycles. The van der Waals surface area contributed by atoms with Crippen LogP contribution in [-0.4, -0.2) is 14.3 Å². The van der Waals surface area contributed by atoms with Crippen LogP contribution >= 0.6 is 0 Å². The minimum absolute atomic E-state index is 0.248. The smallest absolute Gasteiger partial charge is 0.311 e. The Morgan fingerprint density at radius 3 is 2.12 bits per heavy atom. The molecule has 1 aromatic carbocycles. The molecule has 5 heteroatoms. The van der Waals surface area contributed by atoms with Crippen LogP contribution in [0.15, 0.2) is 18.2 Å². The van der Waals surface area contributed by atoms with Gasteiger partial charge >= 0.3 is 5.97 Å². The van der Waals surface area contributed by atoms with Gasteiger partial charge < -0.3 is 14.9 Å². The number of hydrogen-bond acceptors (Lipinski definition) is 4. The third kappa shape index (κ3) is 5.08. The maximum absolute atomic E-state index is 11.8. The molecule has 1 aromatic rings. The van der Waals surface area contributed by atoms with E-state index in [1.54, 1.807) is 6.07 Å². The predicted molar refractivity (Wildman–Crippen MR) is 107 cm³/mol. The number of rotatable bonds is 9. The van der Waals surface area contributed by atoms with Crippen LogP contribution in [0.5, 0.6) is 5.75 Å². The van der Waals surface area contributed by atoms with Crippen molar-refractivity contribution in [1.82, 2.24) is 0 Å². The van der Waals surface area contributed by atoms with E-state index >= 15 is 0 Å². The summed E-state index contributed by atoms with van der Waals surface area (Å²) < 4.78 is 12.0. The van der Waals surface area contributed by atoms with E-state index in [0.717, 1.165) is 12.0 Å². The van der Waals surface area contributed by atoms with E-state index in [4.69, 9.17) is 14.9 Å². The first-order valence-electron chi connectivity index (χ1n) is 9.38. The minimum atomic E-state index is -1.96. The van der Waals surface area contributed by atoms with Crippen molar-refractivity contribution in [3.63, 3.8) is 0 Å². The van der Waals surface area contributed by atoms with Gasteiger partial charge in [-0.15, -0.1) is 0 Å². The van der Waals surface area contributed by atoms with Crippen molar-refractivity contribution in [2.24, 2.45) is 0 Å². The topological polar surface area (TPSA) is 61.5 Å². The highest BCUT2D eigenvalue weighted by Crippen LogP contribution is 2.43. The molecule has 0 aliphatic rings. The SMILES string of the molecule is CCCC(=O)Oc1cccc(CO[Si](C(C)C)(C(C)C)C(C)C)c1N. The van der Waals surface area contributed by atoms with Crippen LogP contribution in [-0.2, 0) is 15.8 Å². The molecule has 0 fully saturated rings. The van der Waals surface area contributed by atoms with E-state index in [-0.39, 0.29) is 5.97 Å². The van der Waals surface area contributed by atoms with Crippen molar-refractivity contribution in [2.45, 2.75) is 84.5 Å². The largest absolute Gasteiger partial charge is 0.424 e. The summed E-state index contributed by atoms with van der Waals surface area (Å²) in [6.07, 6.45) is 1.15. The third-order valence-electron chi connectivity index (χ3n) is 5.02. The Morgan fingerprint density at radius 2 is 1.64 bits per heavy atom. The first-order chi connectivity index (χ1) is 11.7. The second-order valence-corrected chi connectivity index (χ2v) is 13.1. The molecule has 25 heavy (non-hydrogen) atoms. The summed E-state index contributed by atoms with van der Waals surface area (Å²) in [6, 6.07) is 5.56. The highest BCUT2D eigenvalue weighted by Gasteiger charge is 2.45. The molecule has 0 radical (unpaired) electrons. The van der Waals surface area contributed by atoms with Gasteiger partial charge in [-0.25, -0.2) is 0 Å². The van der Waals surface area contributed by atoms with Gasteiger partial charge in [-0.05, 0) is 29.1 Å². The normalized spacial score (nSPS) is 12.2. The zero-order valence-electron chi connectivity index (χ0n) is 16.9. The Bertz CT molecular complexity index is 548. The number of carbonyl (C=O) groups excluding carboxylic acids is 1. The van der Waals surface area contributed by atoms with Crippen molar-refractivity contribution >= 4 is 20.0 Å². The molecule has 0 saturated carbocycles. The van der Waals surface area contributed by atoms with E-state index < -0.39 is 8.32 Å². The molecule has 2 N–H and O–H groups in total. The summed E-state index contributed by atoms with van der Waals surface area (Å²) >= 11 is 0. The molecule has 0 aliphatic carbocycles. The molecule has 0 atom stereocenters. The fourth-order valence-electron chi connectivity index (χ4n) is 3.88. The summed E-state index contributed by atoms with van der Waals surface area (Å²) in [4.78, 5) is 11.8. The number of para-hydroxylation sites is 1. The van der Waals surface area contributed by atoms with Gasteiger partial charge in [0.1, 0.15) is 0 Å². The van der Waals surface area contributed by atoms with E-state index in [9.17, 15) is 4.79 Å². The van der Waals surface area contributed by atoms with Gasteiger partial charge in [-0.3, -0.25) is 4.79 Å². The highest BCUT2D eigenvalue weighted by atomic mass is 28.4. The zero-order valence-corrected chi connectivity index (χ0v) is 17.9. The molecule has 0 unspecified atom stereocenters. The number of ether oxygens (including phenoxy) is 1. The molecule has 0 aromatic heterocycles. The molecule has 0 spiro atoms. The molecule has 142 valence electrons. The lowest BCUT2D eigenvalue weighted by atomic mass is 10.2. The van der Waals surface area contributed by atoms with Crippen LogP contribution in [0, 0.1) is 0 Å². The Balaban J connectivity index is 3.01. The summed E-state index contributed by atoms with van der Waals surface area (Å²) in [5.74, 6) is 0.188. The fraction of sp³-hybridized carbons (Fsp3) is 0.650. The van der Waals surface area contributed by atoms with Gasteiger partial charge in [0.15, 0.2) is 5.75 Å². The van der Waals surface area contributed by atoms with Gasteiger partial charge in [0.25, 0.3) is 0 Å². The molecule has 4 nitrogen and oxygen atoms in total. The number of carbonyl (C=O) groups is 1. The second kappa shape index (κ2) is 9.39. The standard InChI is InChI=1S/C20H35NO3Si/c1-8-10-19(22)24-18-12-9-11-17(20(18)21)13-23-25(14(2)3,15(4)5)16(6)7/h9,11-12,14-16H,8,10,13,21H2,1-7H3. The first kappa shape index (κ1) is 21.7. The molecular weight excluding hydrogens is 330 g/mol. The van der Waals surface area contributed by atoms with Crippen LogP contribution in [0.1, 0.15) is 66.9 Å². The van der Waals surface area contributed by atoms with Crippen molar-refractivity contribution in [1.29, 1.82) is 0 Å². The van der Waals surface area contributed by atoms with Gasteiger partial charge in [0, 0.05) is 12.0 Å². The van der Waals surface area contributed by atoms with Crippen LogP contribution in [0.2, 0.25) is 16.6 Å². The van der Waals surface area contributed by atoms with Gasteiger partial charge in [0.2, 0.25) is 8.32 Å². The fourth-order valence-corrected chi connectivity index (χ4v) is 9.29. The van der Waals surface area contributed by atoms with Crippen molar-refractivity contribution < 1.29 is 14.0 Å². The summed E-state index contributed by atoms with van der Waals surface area (Å²) in [6.45, 7) is 16.0. The van der Waals surface area contributed by atoms with Crippen LogP contribution in [0.3, 0.4) is 0 Å². The van der Waals surface area contributed by atoms with Crippen LogP contribution in [0.25, 0.3) is 0 Å². The quantitative estimate of drug-likeness (QED) is 0.265. The summed E-state index contributed by atoms with van der Waals surface area (Å²) in [5.41, 5.74) is 9.18. The monoisotopic (exact) mass is 365 g/mol. The van der Waals surface area contributed by atoms with E-state index in [0.29, 0.717) is 41.1 Å². The third-order valence-corrected chi connectivity index (χ3v) is 11.1. The van der Waals surface area contributed by atoms with Crippen molar-refractivity contribution in [2.75, 3.05) is 5.73 Å². The van der Waals surface area contributed by atoms with E-state index in [2.05, 4.69) is 41.5 Å². The average molecular weight is 366 g/mol. The molecular formula is C20H35NO3Si. The number of hydrogen-bond donors (Lipinski definition) is 1. The Morgan fingerprint density at radius 1 is 1.08 bits per heavy atom. The number of benzene rings is 1. The van der Waals surface area contributed by atoms with Gasteiger partial charge in [-0.1, -0.05) is 60.6 Å². The lowest BCUT2D eigenvalue weighted by molar-refractivity contribution is -0.134. The summed E-state index contributed by atoms with van der Waals surface area (Å²) in [5, 5.41) is 0. The molecule has 1 rings (SSSR count). The molecule has 0 heterocycles. The lowest BCUT2D eigenvalue weighted by Crippen LogP contribution is -2.47. The van der Waals surface area contributed by atoms with Crippen LogP contribution in [0.4, 0.5) is 5.69 Å². The predicted octanol–water partition coefficient (Wildman–Crippen LogP) is 5.67. The van der Waals surface area contributed by atoms with Gasteiger partial charge in [0.05, 0.1) is 12.3 Å². The lowest BCUT2D eigenvalue weighted by Gasteiger charge is -2.42. The Hall–Kier alpha value is -1.33. The number of anilines is 1. The molecule has 0 saturated heterocycles. The maximum atomic E-state index is 11.8. The number of nitrogens with two attached hydrogens (primary N) is 1. The Kier molecular flexibility index (Phi) is 8.15. The Labute approximate surface area is 154 Å². The van der Waals surface area contributed by atoms with E-state index in [1.165, 1.54) is 0 Å². The molecule has 0 bridgehead atoms. The first-order valence-corrected chi connectivity index (χ1v) is 11.5. The average Bonchev–Trinajstić information content (AvgIpc) is 2.50. The van der Waals surface area contributed by atoms with E-state index in [1.807, 2.05) is 19.1 Å². The van der Waals surface area contributed by atoms with Crippen molar-refractivity contribution in [3.05, 3.63) is 23.8 Å². The maximum Gasteiger partial charge on any atom is 0.311 e. The molecule has 0 amide bonds. The zero-order chi connectivity index (χ0) is 19.2. The second-order valence-electron chi connectivity index (χ2n) is 7.66. The summed E-state index contributed by atoms with van der Waals surface area (Å²) in [7, 11) is -1.96. The highest BCUT2D eigenvalue weighted by molar-refractivity contribution is 6.77. The van der Waals surface area contributed by atoms with Crippen molar-refractivity contribution in [3.8, 4) is 5.75 Å². The van der Waals surface area contributed by atoms with Crippen LogP contribution < -0.4 is 10.5 Å².